The van der Waals surface area contributed by atoms with E-state index in [-0.39, 0.29) is 11.5 Å². The molecule has 192 valence electrons. The molecule has 0 amide bonds. The SMILES string of the molecule is COc1ncc2cc(Cl)c(-c3ccc(C)c(C)c3C(C)=C(C)C)c(F)c2n1.FC1CC2CCCN2C1. The van der Waals surface area contributed by atoms with Crippen molar-refractivity contribution in [2.45, 2.75) is 66.1 Å². The van der Waals surface area contributed by atoms with E-state index < -0.39 is 12.0 Å². The summed E-state index contributed by atoms with van der Waals surface area (Å²) in [6.45, 7) is 12.1. The third kappa shape index (κ3) is 5.12. The molecule has 2 unspecified atom stereocenters. The number of halogens is 3. The number of methoxy groups -OCH3 is 1. The lowest BCUT2D eigenvalue weighted by molar-refractivity contribution is 0.292. The molecule has 3 aromatic rings. The number of nitrogens with zero attached hydrogens (tertiary/aromatic N) is 3. The highest BCUT2D eigenvalue weighted by Crippen LogP contribution is 2.41. The van der Waals surface area contributed by atoms with Gasteiger partial charge < -0.3 is 4.74 Å². The molecule has 2 aliphatic heterocycles. The van der Waals surface area contributed by atoms with Crippen LogP contribution in [-0.4, -0.2) is 47.3 Å². The maximum atomic E-state index is 15.6. The summed E-state index contributed by atoms with van der Waals surface area (Å²) in [5.41, 5.74) is 6.87. The van der Waals surface area contributed by atoms with Crippen molar-refractivity contribution < 1.29 is 13.5 Å². The summed E-state index contributed by atoms with van der Waals surface area (Å²) >= 11 is 6.52. The summed E-state index contributed by atoms with van der Waals surface area (Å²) in [5.74, 6) is -0.468. The average molecular weight is 514 g/mol. The summed E-state index contributed by atoms with van der Waals surface area (Å²) in [7, 11) is 1.45. The first kappa shape index (κ1) is 26.5. The predicted octanol–water partition coefficient (Wildman–Crippen LogP) is 7.72. The lowest BCUT2D eigenvalue weighted by Crippen LogP contribution is -2.22. The number of aromatic nitrogens is 2. The van der Waals surface area contributed by atoms with Crippen LogP contribution in [-0.2, 0) is 0 Å². The molecule has 2 aromatic carbocycles. The van der Waals surface area contributed by atoms with E-state index >= 15 is 4.39 Å². The monoisotopic (exact) mass is 513 g/mol. The summed E-state index contributed by atoms with van der Waals surface area (Å²) in [6, 6.07) is 6.35. The number of benzene rings is 2. The van der Waals surface area contributed by atoms with E-state index in [0.29, 0.717) is 28.6 Å². The second-order valence-electron chi connectivity index (χ2n) is 10.0. The first-order valence-electron chi connectivity index (χ1n) is 12.4. The Hall–Kier alpha value is -2.57. The summed E-state index contributed by atoms with van der Waals surface area (Å²) in [4.78, 5) is 10.5. The molecule has 0 N–H and O–H groups in total. The van der Waals surface area contributed by atoms with Crippen LogP contribution in [0.2, 0.25) is 5.02 Å². The van der Waals surface area contributed by atoms with E-state index in [1.54, 1.807) is 6.07 Å². The van der Waals surface area contributed by atoms with Gasteiger partial charge in [-0.1, -0.05) is 29.3 Å². The van der Waals surface area contributed by atoms with Gasteiger partial charge in [-0.3, -0.25) is 4.90 Å². The molecule has 0 spiro atoms. The third-order valence-corrected chi connectivity index (χ3v) is 7.81. The maximum absolute atomic E-state index is 15.6. The molecule has 7 heteroatoms. The van der Waals surface area contributed by atoms with E-state index in [0.717, 1.165) is 40.8 Å². The van der Waals surface area contributed by atoms with Crippen molar-refractivity contribution >= 4 is 28.1 Å². The molecule has 3 heterocycles. The van der Waals surface area contributed by atoms with Crippen LogP contribution in [0.1, 0.15) is 56.7 Å². The molecular weight excluding hydrogens is 480 g/mol. The first-order valence-corrected chi connectivity index (χ1v) is 12.8. The topological polar surface area (TPSA) is 38.3 Å². The zero-order valence-electron chi connectivity index (χ0n) is 21.9. The van der Waals surface area contributed by atoms with E-state index in [4.69, 9.17) is 16.3 Å². The van der Waals surface area contributed by atoms with Crippen LogP contribution in [0.15, 0.2) is 30.0 Å². The van der Waals surface area contributed by atoms with Crippen LogP contribution in [0, 0.1) is 19.7 Å². The Kier molecular flexibility index (Phi) is 7.96. The Balaban J connectivity index is 0.000000280. The Labute approximate surface area is 217 Å². The fourth-order valence-electron chi connectivity index (χ4n) is 5.22. The van der Waals surface area contributed by atoms with Crippen LogP contribution in [0.25, 0.3) is 27.6 Å². The number of fused-ring (bicyclic) bond motifs is 2. The number of hydrogen-bond donors (Lipinski definition) is 0. The summed E-state index contributed by atoms with van der Waals surface area (Å²) in [6.07, 6.45) is 4.33. The molecule has 1 aromatic heterocycles. The lowest BCUT2D eigenvalue weighted by Gasteiger charge is -2.19. The largest absolute Gasteiger partial charge is 0.467 e. The number of allylic oxidation sites excluding steroid dienone is 2. The maximum Gasteiger partial charge on any atom is 0.316 e. The molecule has 2 saturated heterocycles. The van der Waals surface area contributed by atoms with Crippen molar-refractivity contribution in [3.63, 3.8) is 0 Å². The molecule has 2 atom stereocenters. The van der Waals surface area contributed by atoms with Crippen LogP contribution >= 0.6 is 11.6 Å². The van der Waals surface area contributed by atoms with E-state index in [1.807, 2.05) is 12.1 Å². The van der Waals surface area contributed by atoms with Gasteiger partial charge in [-0.25, -0.2) is 13.8 Å². The van der Waals surface area contributed by atoms with Crippen molar-refractivity contribution in [3.8, 4) is 17.1 Å². The molecule has 5 rings (SSSR count). The highest BCUT2D eigenvalue weighted by molar-refractivity contribution is 6.34. The summed E-state index contributed by atoms with van der Waals surface area (Å²) < 4.78 is 33.2. The fraction of sp³-hybridized carbons (Fsp3) is 0.448. The predicted molar refractivity (Wildman–Crippen MR) is 144 cm³/mol. The lowest BCUT2D eigenvalue weighted by atomic mass is 9.87. The van der Waals surface area contributed by atoms with Gasteiger partial charge in [0, 0.05) is 29.7 Å². The van der Waals surface area contributed by atoms with Crippen LogP contribution in [0.3, 0.4) is 0 Å². The highest BCUT2D eigenvalue weighted by Gasteiger charge is 2.34. The van der Waals surface area contributed by atoms with Crippen LogP contribution < -0.4 is 4.74 Å². The molecule has 4 nitrogen and oxygen atoms in total. The minimum absolute atomic E-state index is 0.121. The standard InChI is InChI=1S/C22H22ClFN2O.C7H12FN/c1-11(2)13(4)18-14(5)12(3)7-8-16(18)19-17(23)9-15-10-25-22(27-6)26-21(15)20(19)24;8-6-4-7-2-1-3-9(7)5-6/h7-10H,1-6H3;6-7H,1-5H2. The molecule has 0 saturated carbocycles. The molecule has 2 aliphatic rings. The van der Waals surface area contributed by atoms with Gasteiger partial charge in [0.1, 0.15) is 11.7 Å². The van der Waals surface area contributed by atoms with E-state index in [1.165, 1.54) is 31.7 Å². The molecule has 0 aliphatic carbocycles. The van der Waals surface area contributed by atoms with Crippen LogP contribution in [0.5, 0.6) is 6.01 Å². The summed E-state index contributed by atoms with van der Waals surface area (Å²) in [5, 5.41) is 0.867. The molecular formula is C29H34ClF2N3O. The van der Waals surface area contributed by atoms with Crippen molar-refractivity contribution in [1.82, 2.24) is 14.9 Å². The van der Waals surface area contributed by atoms with E-state index in [2.05, 4.69) is 49.5 Å². The Bertz CT molecular complexity index is 1310. The molecule has 0 radical (unpaired) electrons. The zero-order valence-corrected chi connectivity index (χ0v) is 22.6. The van der Waals surface area contributed by atoms with Gasteiger partial charge in [0.25, 0.3) is 0 Å². The number of rotatable bonds is 3. The van der Waals surface area contributed by atoms with Gasteiger partial charge in [-0.15, -0.1) is 0 Å². The Morgan fingerprint density at radius 3 is 2.61 bits per heavy atom. The first-order chi connectivity index (χ1) is 17.1. The average Bonchev–Trinajstić information content (AvgIpc) is 3.42. The quantitative estimate of drug-likeness (QED) is 0.359. The van der Waals surface area contributed by atoms with E-state index in [9.17, 15) is 4.39 Å². The normalized spacial score (nSPS) is 19.1. The number of alkyl halides is 1. The minimum Gasteiger partial charge on any atom is -0.467 e. The molecule has 0 bridgehead atoms. The molecule has 2 fully saturated rings. The molecule has 36 heavy (non-hydrogen) atoms. The highest BCUT2D eigenvalue weighted by atomic mass is 35.5. The smallest absolute Gasteiger partial charge is 0.316 e. The van der Waals surface area contributed by atoms with Gasteiger partial charge in [-0.05, 0) is 94.3 Å². The number of hydrogen-bond acceptors (Lipinski definition) is 4. The van der Waals surface area contributed by atoms with Gasteiger partial charge in [0.05, 0.1) is 12.1 Å². The second kappa shape index (κ2) is 10.8. The fourth-order valence-corrected chi connectivity index (χ4v) is 5.52. The Morgan fingerprint density at radius 1 is 1.19 bits per heavy atom. The van der Waals surface area contributed by atoms with Crippen molar-refractivity contribution in [3.05, 3.63) is 57.5 Å². The number of ether oxygens (including phenoxy) is 1. The number of aryl methyl sites for hydroxylation is 1. The van der Waals surface area contributed by atoms with Gasteiger partial charge in [0.15, 0.2) is 5.82 Å². The van der Waals surface area contributed by atoms with Gasteiger partial charge in [0.2, 0.25) is 0 Å². The van der Waals surface area contributed by atoms with Crippen molar-refractivity contribution in [2.24, 2.45) is 0 Å². The minimum atomic E-state index is -0.518. The van der Waals surface area contributed by atoms with Crippen molar-refractivity contribution in [2.75, 3.05) is 20.2 Å². The van der Waals surface area contributed by atoms with Gasteiger partial charge in [-0.2, -0.15) is 4.98 Å². The third-order valence-electron chi connectivity index (χ3n) is 7.52. The zero-order chi connectivity index (χ0) is 26.1. The second-order valence-corrected chi connectivity index (χ2v) is 10.4. The van der Waals surface area contributed by atoms with Crippen LogP contribution in [0.4, 0.5) is 8.78 Å². The van der Waals surface area contributed by atoms with Gasteiger partial charge >= 0.3 is 6.01 Å². The van der Waals surface area contributed by atoms with Crippen molar-refractivity contribution in [1.29, 1.82) is 0 Å². The Morgan fingerprint density at radius 2 is 1.94 bits per heavy atom.